The first-order valence-corrected chi connectivity index (χ1v) is 7.62. The molecule has 1 aromatic rings. The number of rotatable bonds is 5. The van der Waals surface area contributed by atoms with Crippen LogP contribution in [0, 0.1) is 0 Å². The molecule has 2 rings (SSSR count). The summed E-state index contributed by atoms with van der Waals surface area (Å²) in [6.45, 7) is 1.04. The molecule has 1 fully saturated rings. The van der Waals surface area contributed by atoms with E-state index in [9.17, 15) is 4.79 Å². The second kappa shape index (κ2) is 7.44. The minimum absolute atomic E-state index is 0.0782. The maximum Gasteiger partial charge on any atom is 0.234 e. The molecule has 4 heteroatoms. The topological polar surface area (TPSA) is 41.1 Å². The third kappa shape index (κ3) is 4.70. The van der Waals surface area contributed by atoms with Gasteiger partial charge in [-0.25, -0.2) is 0 Å². The van der Waals surface area contributed by atoms with E-state index >= 15 is 0 Å². The minimum atomic E-state index is 0.0782. The van der Waals surface area contributed by atoms with Crippen LogP contribution in [0.3, 0.4) is 0 Å². The molecule has 1 atom stereocenters. The molecule has 0 spiro atoms. The van der Waals surface area contributed by atoms with E-state index in [1.807, 2.05) is 42.1 Å². The highest BCUT2D eigenvalue weighted by Gasteiger charge is 2.13. The summed E-state index contributed by atoms with van der Waals surface area (Å²) in [5, 5.41) is 6.26. The van der Waals surface area contributed by atoms with Crippen LogP contribution in [0.2, 0.25) is 0 Å². The van der Waals surface area contributed by atoms with E-state index in [0.29, 0.717) is 19.1 Å². The molecule has 3 nitrogen and oxygen atoms in total. The Bertz CT molecular complexity index is 363. The number of carbonyl (C=O) groups is 1. The largest absolute Gasteiger partial charge is 0.351 e. The van der Waals surface area contributed by atoms with Gasteiger partial charge in [0.1, 0.15) is 0 Å². The van der Waals surface area contributed by atoms with E-state index < -0.39 is 0 Å². The second-order valence-corrected chi connectivity index (χ2v) is 5.71. The third-order valence-corrected chi connectivity index (χ3v) is 4.26. The van der Waals surface area contributed by atoms with Crippen LogP contribution < -0.4 is 10.6 Å². The van der Waals surface area contributed by atoms with Crippen molar-refractivity contribution in [2.45, 2.75) is 25.4 Å². The van der Waals surface area contributed by atoms with Crippen molar-refractivity contribution in [2.24, 2.45) is 0 Å². The maximum absolute atomic E-state index is 11.7. The lowest BCUT2D eigenvalue weighted by atomic mass is 10.2. The fraction of sp³-hybridized carbons (Fsp3) is 0.500. The lowest BCUT2D eigenvalue weighted by Crippen LogP contribution is -2.41. The summed E-state index contributed by atoms with van der Waals surface area (Å²) in [5.74, 6) is 2.47. The van der Waals surface area contributed by atoms with Crippen LogP contribution >= 0.6 is 11.8 Å². The van der Waals surface area contributed by atoms with Gasteiger partial charge in [-0.1, -0.05) is 30.3 Å². The molecule has 1 aliphatic rings. The predicted molar refractivity (Wildman–Crippen MR) is 76.6 cm³/mol. The molecular formula is C14H20N2OS. The van der Waals surface area contributed by atoms with Gasteiger partial charge in [-0.2, -0.15) is 11.8 Å². The third-order valence-electron chi connectivity index (χ3n) is 3.04. The van der Waals surface area contributed by atoms with Gasteiger partial charge in [0.05, 0.1) is 6.54 Å². The van der Waals surface area contributed by atoms with Crippen molar-refractivity contribution in [3.05, 3.63) is 35.9 Å². The van der Waals surface area contributed by atoms with Gasteiger partial charge in [-0.3, -0.25) is 4.79 Å². The van der Waals surface area contributed by atoms with Crippen LogP contribution in [-0.4, -0.2) is 30.0 Å². The highest BCUT2D eigenvalue weighted by Crippen LogP contribution is 2.16. The predicted octanol–water partition coefficient (Wildman–Crippen LogP) is 1.79. The number of amides is 1. The minimum Gasteiger partial charge on any atom is -0.351 e. The fourth-order valence-electron chi connectivity index (χ4n) is 2.00. The Hall–Kier alpha value is -1.00. The Morgan fingerprint density at radius 2 is 2.17 bits per heavy atom. The maximum atomic E-state index is 11.7. The van der Waals surface area contributed by atoms with Gasteiger partial charge in [-0.15, -0.1) is 0 Å². The van der Waals surface area contributed by atoms with Crippen LogP contribution in [-0.2, 0) is 11.3 Å². The number of benzene rings is 1. The summed E-state index contributed by atoms with van der Waals surface area (Å²) >= 11 is 1.97. The average molecular weight is 264 g/mol. The van der Waals surface area contributed by atoms with Crippen molar-refractivity contribution in [2.75, 3.05) is 18.1 Å². The SMILES string of the molecule is O=C(CNC1CCCSC1)NCc1ccccc1. The summed E-state index contributed by atoms with van der Waals surface area (Å²) in [7, 11) is 0. The molecule has 1 aliphatic heterocycles. The Morgan fingerprint density at radius 3 is 2.89 bits per heavy atom. The molecule has 0 bridgehead atoms. The van der Waals surface area contributed by atoms with E-state index in [-0.39, 0.29) is 5.91 Å². The molecule has 98 valence electrons. The molecule has 1 heterocycles. The normalized spacial score (nSPS) is 19.4. The zero-order chi connectivity index (χ0) is 12.6. The number of hydrogen-bond donors (Lipinski definition) is 2. The van der Waals surface area contributed by atoms with Crippen molar-refractivity contribution >= 4 is 17.7 Å². The number of hydrogen-bond acceptors (Lipinski definition) is 3. The highest BCUT2D eigenvalue weighted by atomic mass is 32.2. The Labute approximate surface area is 113 Å². The summed E-state index contributed by atoms with van der Waals surface area (Å²) in [5.41, 5.74) is 1.14. The molecule has 18 heavy (non-hydrogen) atoms. The zero-order valence-corrected chi connectivity index (χ0v) is 11.3. The quantitative estimate of drug-likeness (QED) is 0.852. The van der Waals surface area contributed by atoms with Gasteiger partial charge >= 0.3 is 0 Å². The number of nitrogens with one attached hydrogen (secondary N) is 2. The van der Waals surface area contributed by atoms with E-state index in [0.717, 1.165) is 11.3 Å². The van der Waals surface area contributed by atoms with Gasteiger partial charge in [0.2, 0.25) is 5.91 Å². The molecule has 2 N–H and O–H groups in total. The summed E-state index contributed by atoms with van der Waals surface area (Å²) in [6, 6.07) is 10.5. The molecule has 0 aliphatic carbocycles. The van der Waals surface area contributed by atoms with Crippen molar-refractivity contribution in [3.8, 4) is 0 Å². The molecule has 0 radical (unpaired) electrons. The van der Waals surface area contributed by atoms with Crippen molar-refractivity contribution < 1.29 is 4.79 Å². The Morgan fingerprint density at radius 1 is 1.33 bits per heavy atom. The van der Waals surface area contributed by atoms with E-state index in [1.165, 1.54) is 18.6 Å². The van der Waals surface area contributed by atoms with Crippen molar-refractivity contribution in [1.82, 2.24) is 10.6 Å². The van der Waals surface area contributed by atoms with E-state index in [1.54, 1.807) is 0 Å². The second-order valence-electron chi connectivity index (χ2n) is 4.56. The van der Waals surface area contributed by atoms with Gasteiger partial charge < -0.3 is 10.6 Å². The van der Waals surface area contributed by atoms with Crippen LogP contribution in [0.4, 0.5) is 0 Å². The van der Waals surface area contributed by atoms with Crippen LogP contribution in [0.5, 0.6) is 0 Å². The molecule has 1 aromatic carbocycles. The molecule has 0 aromatic heterocycles. The lowest BCUT2D eigenvalue weighted by Gasteiger charge is -2.22. The monoisotopic (exact) mass is 264 g/mol. The smallest absolute Gasteiger partial charge is 0.234 e. The fourth-order valence-corrected chi connectivity index (χ4v) is 3.10. The molecule has 1 saturated heterocycles. The standard InChI is InChI=1S/C14H20N2OS/c17-14(10-15-13-7-4-8-18-11-13)16-9-12-5-2-1-3-6-12/h1-3,5-6,13,15H,4,7-11H2,(H,16,17). The Balaban J connectivity index is 1.63. The first-order valence-electron chi connectivity index (χ1n) is 6.46. The average Bonchev–Trinajstić information content (AvgIpc) is 2.45. The first kappa shape index (κ1) is 13.4. The van der Waals surface area contributed by atoms with Gasteiger partial charge in [0, 0.05) is 18.3 Å². The van der Waals surface area contributed by atoms with E-state index in [2.05, 4.69) is 10.6 Å². The van der Waals surface area contributed by atoms with E-state index in [4.69, 9.17) is 0 Å². The number of thioether (sulfide) groups is 1. The van der Waals surface area contributed by atoms with Crippen molar-refractivity contribution in [1.29, 1.82) is 0 Å². The highest BCUT2D eigenvalue weighted by molar-refractivity contribution is 7.99. The molecule has 1 unspecified atom stereocenters. The molecule has 1 amide bonds. The van der Waals surface area contributed by atoms with Gasteiger partial charge in [0.15, 0.2) is 0 Å². The first-order chi connectivity index (χ1) is 8.84. The van der Waals surface area contributed by atoms with Crippen LogP contribution in [0.25, 0.3) is 0 Å². The number of carbonyl (C=O) groups excluding carboxylic acids is 1. The van der Waals surface area contributed by atoms with Gasteiger partial charge in [0.25, 0.3) is 0 Å². The summed E-state index contributed by atoms with van der Waals surface area (Å²) in [6.07, 6.45) is 2.45. The summed E-state index contributed by atoms with van der Waals surface area (Å²) < 4.78 is 0. The van der Waals surface area contributed by atoms with Crippen LogP contribution in [0.1, 0.15) is 18.4 Å². The van der Waals surface area contributed by atoms with Crippen molar-refractivity contribution in [3.63, 3.8) is 0 Å². The molecule has 0 saturated carbocycles. The van der Waals surface area contributed by atoms with Crippen LogP contribution in [0.15, 0.2) is 30.3 Å². The van der Waals surface area contributed by atoms with Gasteiger partial charge in [-0.05, 0) is 24.2 Å². The Kier molecular flexibility index (Phi) is 5.55. The molecular weight excluding hydrogens is 244 g/mol. The summed E-state index contributed by atoms with van der Waals surface area (Å²) in [4.78, 5) is 11.7. The lowest BCUT2D eigenvalue weighted by molar-refractivity contribution is -0.120. The zero-order valence-electron chi connectivity index (χ0n) is 10.5.